The maximum absolute atomic E-state index is 8.41. The van der Waals surface area contributed by atoms with Crippen LogP contribution in [0.25, 0.3) is 0 Å². The predicted octanol–water partition coefficient (Wildman–Crippen LogP) is 1.10. The Bertz CT molecular complexity index is 143. The molecule has 0 amide bonds. The van der Waals surface area contributed by atoms with Gasteiger partial charge in [0.05, 0.1) is 6.04 Å². The van der Waals surface area contributed by atoms with Crippen LogP contribution in [0.1, 0.15) is 33.6 Å². The normalized spacial score (nSPS) is 14.9. The molecular weight excluding hydrogens is 154 g/mol. The molecule has 0 aliphatic heterocycles. The number of nitrogens with zero attached hydrogens (tertiary/aromatic N) is 1. The monoisotopic (exact) mass is 173 g/mol. The molecule has 0 saturated carbocycles. The van der Waals surface area contributed by atoms with E-state index in [9.17, 15) is 0 Å². The van der Waals surface area contributed by atoms with Crippen LogP contribution >= 0.6 is 0 Å². The third-order valence-electron chi connectivity index (χ3n) is 2.19. The van der Waals surface area contributed by atoms with Gasteiger partial charge in [-0.15, -0.1) is 0 Å². The molecule has 0 rings (SSSR count). The van der Waals surface area contributed by atoms with Crippen molar-refractivity contribution in [2.24, 2.45) is 16.6 Å². The largest absolute Gasteiger partial charge is 0.368 e. The Hall–Kier alpha value is -0.770. The maximum atomic E-state index is 8.41. The molecule has 72 valence electrons. The van der Waals surface area contributed by atoms with E-state index >= 15 is 0 Å². The van der Waals surface area contributed by atoms with Gasteiger partial charge in [0.15, 0.2) is 0 Å². The van der Waals surface area contributed by atoms with Crippen molar-refractivity contribution in [3.8, 4) is 0 Å². The highest BCUT2D eigenvalue weighted by Crippen LogP contribution is 2.15. The molecule has 1 unspecified atom stereocenters. The second-order valence-corrected chi connectivity index (χ2v) is 2.94. The van der Waals surface area contributed by atoms with Crippen LogP contribution in [0.2, 0.25) is 0 Å². The molecule has 1 atom stereocenters. The predicted molar refractivity (Wildman–Crippen MR) is 50.1 cm³/mol. The summed E-state index contributed by atoms with van der Waals surface area (Å²) < 4.78 is 0. The third-order valence-corrected chi connectivity index (χ3v) is 2.19. The molecule has 0 fully saturated rings. The molecule has 0 bridgehead atoms. The van der Waals surface area contributed by atoms with Crippen molar-refractivity contribution in [3.63, 3.8) is 0 Å². The number of nitrogens with two attached hydrogens (primary N) is 1. The number of aliphatic imine (C=N–C) groups is 1. The standard InChI is InChI=1S/C8H19N3O/c1-4-7(5-2)6(3)10-8(9)11-12/h6-7,12H,4-5H2,1-3H3,(H3,9,10,11). The zero-order valence-electron chi connectivity index (χ0n) is 8.04. The zero-order chi connectivity index (χ0) is 9.56. The topological polar surface area (TPSA) is 70.6 Å². The highest BCUT2D eigenvalue weighted by atomic mass is 16.5. The summed E-state index contributed by atoms with van der Waals surface area (Å²) in [5.74, 6) is 0.631. The van der Waals surface area contributed by atoms with Gasteiger partial charge in [0.1, 0.15) is 0 Å². The van der Waals surface area contributed by atoms with E-state index in [1.807, 2.05) is 12.4 Å². The van der Waals surface area contributed by atoms with Crippen LogP contribution in [0.5, 0.6) is 0 Å². The molecule has 4 N–H and O–H groups in total. The molecule has 0 radical (unpaired) electrons. The molecule has 0 heterocycles. The Morgan fingerprint density at radius 1 is 1.50 bits per heavy atom. The fraction of sp³-hybridized carbons (Fsp3) is 0.875. The summed E-state index contributed by atoms with van der Waals surface area (Å²) >= 11 is 0. The van der Waals surface area contributed by atoms with Crippen LogP contribution in [0.15, 0.2) is 4.99 Å². The van der Waals surface area contributed by atoms with E-state index in [0.717, 1.165) is 12.8 Å². The average molecular weight is 173 g/mol. The number of guanidine groups is 1. The lowest BCUT2D eigenvalue weighted by Gasteiger charge is -2.17. The summed E-state index contributed by atoms with van der Waals surface area (Å²) in [5.41, 5.74) is 7.14. The van der Waals surface area contributed by atoms with E-state index in [1.165, 1.54) is 0 Å². The highest BCUT2D eigenvalue weighted by molar-refractivity contribution is 5.76. The van der Waals surface area contributed by atoms with Gasteiger partial charge in [-0.1, -0.05) is 26.7 Å². The van der Waals surface area contributed by atoms with E-state index in [1.54, 1.807) is 0 Å². The van der Waals surface area contributed by atoms with Crippen molar-refractivity contribution in [2.45, 2.75) is 39.7 Å². The lowest BCUT2D eigenvalue weighted by molar-refractivity contribution is 0.231. The van der Waals surface area contributed by atoms with Gasteiger partial charge in [0, 0.05) is 0 Å². The Kier molecular flexibility index (Phi) is 5.45. The van der Waals surface area contributed by atoms with E-state index in [4.69, 9.17) is 10.9 Å². The van der Waals surface area contributed by atoms with Gasteiger partial charge in [-0.05, 0) is 12.8 Å². The van der Waals surface area contributed by atoms with Crippen molar-refractivity contribution in [1.29, 1.82) is 0 Å². The summed E-state index contributed by atoms with van der Waals surface area (Å²) in [7, 11) is 0. The fourth-order valence-corrected chi connectivity index (χ4v) is 1.32. The zero-order valence-corrected chi connectivity index (χ0v) is 8.04. The van der Waals surface area contributed by atoms with Crippen molar-refractivity contribution in [1.82, 2.24) is 5.48 Å². The van der Waals surface area contributed by atoms with Gasteiger partial charge in [-0.2, -0.15) is 0 Å². The van der Waals surface area contributed by atoms with Crippen LogP contribution in [0, 0.1) is 5.92 Å². The molecule has 4 nitrogen and oxygen atoms in total. The first-order valence-electron chi connectivity index (χ1n) is 4.39. The van der Waals surface area contributed by atoms with Crippen molar-refractivity contribution in [3.05, 3.63) is 0 Å². The van der Waals surface area contributed by atoms with Gasteiger partial charge in [-0.25, -0.2) is 10.5 Å². The van der Waals surface area contributed by atoms with Crippen LogP contribution in [0.4, 0.5) is 0 Å². The molecule has 0 aromatic heterocycles. The first-order valence-corrected chi connectivity index (χ1v) is 4.39. The van der Waals surface area contributed by atoms with E-state index in [2.05, 4.69) is 18.8 Å². The summed E-state index contributed by atoms with van der Waals surface area (Å²) in [5, 5.41) is 8.41. The van der Waals surface area contributed by atoms with Gasteiger partial charge in [0.25, 0.3) is 0 Å². The highest BCUT2D eigenvalue weighted by Gasteiger charge is 2.12. The number of hydrogen-bond acceptors (Lipinski definition) is 2. The SMILES string of the molecule is CCC(CC)C(C)N=C(N)NO. The van der Waals surface area contributed by atoms with Gasteiger partial charge in [-0.3, -0.25) is 5.21 Å². The van der Waals surface area contributed by atoms with Crippen molar-refractivity contribution >= 4 is 5.96 Å². The Morgan fingerprint density at radius 3 is 2.33 bits per heavy atom. The molecule has 12 heavy (non-hydrogen) atoms. The molecule has 0 aromatic rings. The molecule has 0 aromatic carbocycles. The average Bonchev–Trinajstić information content (AvgIpc) is 2.06. The first-order chi connectivity index (χ1) is 5.65. The fourth-order valence-electron chi connectivity index (χ4n) is 1.32. The Labute approximate surface area is 73.8 Å². The molecule has 0 saturated heterocycles. The smallest absolute Gasteiger partial charge is 0.213 e. The lowest BCUT2D eigenvalue weighted by Crippen LogP contribution is -2.31. The second-order valence-electron chi connectivity index (χ2n) is 2.94. The number of hydrogen-bond donors (Lipinski definition) is 3. The van der Waals surface area contributed by atoms with Gasteiger partial charge < -0.3 is 5.73 Å². The summed E-state index contributed by atoms with van der Waals surface area (Å²) in [6, 6.07) is 0.166. The van der Waals surface area contributed by atoms with Crippen molar-refractivity contribution in [2.75, 3.05) is 0 Å². The van der Waals surface area contributed by atoms with Crippen LogP contribution in [-0.4, -0.2) is 17.2 Å². The lowest BCUT2D eigenvalue weighted by atomic mass is 9.96. The van der Waals surface area contributed by atoms with E-state index in [0.29, 0.717) is 5.92 Å². The number of nitrogens with one attached hydrogen (secondary N) is 1. The quantitative estimate of drug-likeness (QED) is 0.339. The minimum atomic E-state index is 0.0920. The second kappa shape index (κ2) is 5.83. The number of rotatable bonds is 4. The molecule has 0 aliphatic carbocycles. The van der Waals surface area contributed by atoms with Crippen molar-refractivity contribution < 1.29 is 5.21 Å². The number of hydroxylamine groups is 1. The first kappa shape index (κ1) is 11.2. The van der Waals surface area contributed by atoms with Gasteiger partial charge in [0.2, 0.25) is 5.96 Å². The third kappa shape index (κ3) is 3.57. The van der Waals surface area contributed by atoms with Gasteiger partial charge >= 0.3 is 0 Å². The van der Waals surface area contributed by atoms with Crippen LogP contribution in [0.3, 0.4) is 0 Å². The molecule has 0 aliphatic rings. The summed E-state index contributed by atoms with van der Waals surface area (Å²) in [6.07, 6.45) is 2.17. The molecule has 4 heteroatoms. The Balaban J connectivity index is 4.07. The Morgan fingerprint density at radius 2 is 2.00 bits per heavy atom. The summed E-state index contributed by atoms with van der Waals surface area (Å²) in [4.78, 5) is 4.07. The minimum absolute atomic E-state index is 0.0920. The minimum Gasteiger partial charge on any atom is -0.368 e. The van der Waals surface area contributed by atoms with Crippen LogP contribution in [-0.2, 0) is 0 Å². The van der Waals surface area contributed by atoms with E-state index < -0.39 is 0 Å². The molecular formula is C8H19N3O. The van der Waals surface area contributed by atoms with Crippen LogP contribution < -0.4 is 11.2 Å². The summed E-state index contributed by atoms with van der Waals surface area (Å²) in [6.45, 7) is 6.26. The maximum Gasteiger partial charge on any atom is 0.213 e. The van der Waals surface area contributed by atoms with E-state index in [-0.39, 0.29) is 12.0 Å². The molecule has 0 spiro atoms.